The van der Waals surface area contributed by atoms with Gasteiger partial charge in [0.05, 0.1) is 11.7 Å². The van der Waals surface area contributed by atoms with Gasteiger partial charge >= 0.3 is 0 Å². The number of H-pyrrole nitrogens is 1. The first-order valence-electron chi connectivity index (χ1n) is 8.51. The van der Waals surface area contributed by atoms with Crippen LogP contribution < -0.4 is 10.6 Å². The van der Waals surface area contributed by atoms with Gasteiger partial charge in [0.2, 0.25) is 5.91 Å². The average Bonchev–Trinajstić information content (AvgIpc) is 3.08. The molecule has 2 amide bonds. The van der Waals surface area contributed by atoms with Crippen LogP contribution in [0.1, 0.15) is 55.3 Å². The number of hydrogen-bond donors (Lipinski definition) is 3. The van der Waals surface area contributed by atoms with E-state index in [-0.39, 0.29) is 23.9 Å². The predicted molar refractivity (Wildman–Crippen MR) is 90.1 cm³/mol. The van der Waals surface area contributed by atoms with Crippen molar-refractivity contribution < 1.29 is 9.59 Å². The number of aromatic amines is 1. The number of rotatable bonds is 6. The Morgan fingerprint density at radius 2 is 2.17 bits per heavy atom. The van der Waals surface area contributed by atoms with E-state index in [0.29, 0.717) is 18.2 Å². The van der Waals surface area contributed by atoms with Crippen molar-refractivity contribution in [1.29, 1.82) is 0 Å². The maximum absolute atomic E-state index is 12.6. The number of likely N-dealkylation sites (tertiary alicyclic amines) is 1. The third-order valence-electron chi connectivity index (χ3n) is 4.64. The van der Waals surface area contributed by atoms with E-state index >= 15 is 0 Å². The Hall–Kier alpha value is -2.31. The molecule has 130 valence electrons. The van der Waals surface area contributed by atoms with Gasteiger partial charge in [-0.05, 0) is 38.2 Å². The van der Waals surface area contributed by atoms with E-state index in [1.54, 1.807) is 6.07 Å². The van der Waals surface area contributed by atoms with Gasteiger partial charge in [-0.3, -0.25) is 14.7 Å². The number of nitrogens with one attached hydrogen (secondary N) is 3. The SMILES string of the molecule is C=C(NC1CCN(C(=O)c2cc(C(C)NC(C)=O)[nH]n2)C1)C1CC1. The molecule has 1 aliphatic carbocycles. The Morgan fingerprint density at radius 1 is 1.42 bits per heavy atom. The lowest BCUT2D eigenvalue weighted by atomic mass is 10.2. The molecule has 2 aliphatic rings. The van der Waals surface area contributed by atoms with Crippen molar-refractivity contribution in [3.63, 3.8) is 0 Å². The number of hydrogen-bond acceptors (Lipinski definition) is 4. The van der Waals surface area contributed by atoms with E-state index in [1.807, 2.05) is 11.8 Å². The van der Waals surface area contributed by atoms with E-state index in [1.165, 1.54) is 19.8 Å². The summed E-state index contributed by atoms with van der Waals surface area (Å²) in [4.78, 5) is 25.5. The van der Waals surface area contributed by atoms with Crippen molar-refractivity contribution in [1.82, 2.24) is 25.7 Å². The molecule has 2 unspecified atom stereocenters. The van der Waals surface area contributed by atoms with E-state index < -0.39 is 0 Å². The van der Waals surface area contributed by atoms with Crippen LogP contribution in [0.5, 0.6) is 0 Å². The highest BCUT2D eigenvalue weighted by Crippen LogP contribution is 2.34. The van der Waals surface area contributed by atoms with Gasteiger partial charge in [0.15, 0.2) is 0 Å². The Labute approximate surface area is 141 Å². The molecule has 0 bridgehead atoms. The van der Waals surface area contributed by atoms with Gasteiger partial charge in [-0.15, -0.1) is 0 Å². The largest absolute Gasteiger partial charge is 0.384 e. The number of amides is 2. The van der Waals surface area contributed by atoms with Crippen molar-refractivity contribution in [3.8, 4) is 0 Å². The van der Waals surface area contributed by atoms with Crippen LogP contribution in [0.25, 0.3) is 0 Å². The van der Waals surface area contributed by atoms with Crippen LogP contribution in [-0.2, 0) is 4.79 Å². The van der Waals surface area contributed by atoms with Crippen molar-refractivity contribution in [3.05, 3.63) is 29.7 Å². The minimum Gasteiger partial charge on any atom is -0.384 e. The smallest absolute Gasteiger partial charge is 0.274 e. The Kier molecular flexibility index (Phi) is 4.59. The fourth-order valence-corrected chi connectivity index (χ4v) is 3.09. The maximum Gasteiger partial charge on any atom is 0.274 e. The number of nitrogens with zero attached hydrogens (tertiary/aromatic N) is 2. The van der Waals surface area contributed by atoms with Crippen LogP contribution in [-0.4, -0.2) is 46.0 Å². The third kappa shape index (κ3) is 3.77. The van der Waals surface area contributed by atoms with Crippen LogP contribution in [0, 0.1) is 5.92 Å². The lowest BCUT2D eigenvalue weighted by Crippen LogP contribution is -2.35. The molecule has 1 aromatic heterocycles. The molecular weight excluding hydrogens is 306 g/mol. The summed E-state index contributed by atoms with van der Waals surface area (Å²) < 4.78 is 0. The first-order chi connectivity index (χ1) is 11.4. The van der Waals surface area contributed by atoms with Crippen molar-refractivity contribution in [2.45, 2.75) is 45.2 Å². The summed E-state index contributed by atoms with van der Waals surface area (Å²) in [6.45, 7) is 8.80. The number of aromatic nitrogens is 2. The van der Waals surface area contributed by atoms with Crippen molar-refractivity contribution >= 4 is 11.8 Å². The highest BCUT2D eigenvalue weighted by atomic mass is 16.2. The minimum atomic E-state index is -0.202. The van der Waals surface area contributed by atoms with Crippen LogP contribution >= 0.6 is 0 Å². The lowest BCUT2D eigenvalue weighted by molar-refractivity contribution is -0.119. The second kappa shape index (κ2) is 6.67. The maximum atomic E-state index is 12.6. The average molecular weight is 331 g/mol. The molecule has 1 aliphatic heterocycles. The fraction of sp³-hybridized carbons (Fsp3) is 0.588. The molecule has 3 rings (SSSR count). The Balaban J connectivity index is 1.55. The number of allylic oxidation sites excluding steroid dienone is 1. The van der Waals surface area contributed by atoms with E-state index in [0.717, 1.165) is 24.4 Å². The van der Waals surface area contributed by atoms with E-state index in [2.05, 4.69) is 27.4 Å². The second-order valence-electron chi connectivity index (χ2n) is 6.81. The van der Waals surface area contributed by atoms with Crippen LogP contribution in [0.2, 0.25) is 0 Å². The van der Waals surface area contributed by atoms with E-state index in [9.17, 15) is 9.59 Å². The predicted octanol–water partition coefficient (Wildman–Crippen LogP) is 1.33. The Bertz CT molecular complexity index is 649. The Morgan fingerprint density at radius 3 is 2.83 bits per heavy atom. The molecule has 24 heavy (non-hydrogen) atoms. The van der Waals surface area contributed by atoms with Gasteiger partial charge < -0.3 is 15.5 Å². The fourth-order valence-electron chi connectivity index (χ4n) is 3.09. The quantitative estimate of drug-likeness (QED) is 0.734. The minimum absolute atomic E-state index is 0.0751. The molecule has 2 heterocycles. The molecule has 2 fully saturated rings. The highest BCUT2D eigenvalue weighted by molar-refractivity contribution is 5.92. The van der Waals surface area contributed by atoms with Gasteiger partial charge in [-0.1, -0.05) is 6.58 Å². The summed E-state index contributed by atoms with van der Waals surface area (Å²) in [5.41, 5.74) is 2.23. The number of carbonyl (C=O) groups excluding carboxylic acids is 2. The molecule has 0 spiro atoms. The monoisotopic (exact) mass is 331 g/mol. The zero-order valence-electron chi connectivity index (χ0n) is 14.3. The zero-order chi connectivity index (χ0) is 17.3. The molecule has 1 aromatic rings. The van der Waals surface area contributed by atoms with Crippen LogP contribution in [0.4, 0.5) is 0 Å². The summed E-state index contributed by atoms with van der Waals surface area (Å²) in [6, 6.07) is 1.79. The lowest BCUT2D eigenvalue weighted by Gasteiger charge is -2.17. The third-order valence-corrected chi connectivity index (χ3v) is 4.64. The molecule has 3 N–H and O–H groups in total. The molecule has 7 nitrogen and oxygen atoms in total. The highest BCUT2D eigenvalue weighted by Gasteiger charge is 2.31. The van der Waals surface area contributed by atoms with E-state index in [4.69, 9.17) is 0 Å². The summed E-state index contributed by atoms with van der Waals surface area (Å²) in [6.07, 6.45) is 3.38. The summed E-state index contributed by atoms with van der Waals surface area (Å²) >= 11 is 0. The first-order valence-corrected chi connectivity index (χ1v) is 8.51. The zero-order valence-corrected chi connectivity index (χ0v) is 14.3. The molecule has 0 radical (unpaired) electrons. The van der Waals surface area contributed by atoms with Gasteiger partial charge in [0.25, 0.3) is 5.91 Å². The second-order valence-corrected chi connectivity index (χ2v) is 6.81. The summed E-state index contributed by atoms with van der Waals surface area (Å²) in [7, 11) is 0. The summed E-state index contributed by atoms with van der Waals surface area (Å²) in [5.74, 6) is 0.433. The van der Waals surface area contributed by atoms with Gasteiger partial charge in [-0.25, -0.2) is 0 Å². The normalized spacial score (nSPS) is 21.4. The van der Waals surface area contributed by atoms with Crippen LogP contribution in [0.15, 0.2) is 18.3 Å². The van der Waals surface area contributed by atoms with Gasteiger partial charge in [0, 0.05) is 31.8 Å². The molecule has 0 aromatic carbocycles. The van der Waals surface area contributed by atoms with Crippen molar-refractivity contribution in [2.75, 3.05) is 13.1 Å². The molecule has 1 saturated heterocycles. The summed E-state index contributed by atoms with van der Waals surface area (Å²) in [5, 5.41) is 13.2. The van der Waals surface area contributed by atoms with Crippen LogP contribution in [0.3, 0.4) is 0 Å². The molecule has 7 heteroatoms. The molecular formula is C17H25N5O2. The van der Waals surface area contributed by atoms with Crippen molar-refractivity contribution in [2.24, 2.45) is 5.92 Å². The molecule has 1 saturated carbocycles. The number of carbonyl (C=O) groups is 2. The molecule has 2 atom stereocenters. The van der Waals surface area contributed by atoms with Gasteiger partial charge in [-0.2, -0.15) is 5.10 Å². The first kappa shape index (κ1) is 16.5. The standard InChI is InChI=1S/C17H25N5O2/c1-10(13-4-5-13)19-14-6-7-22(9-14)17(24)16-8-15(20-21-16)11(2)18-12(3)23/h8,11,13-14,19H,1,4-7,9H2,2-3H3,(H,18,23)(H,20,21). The topological polar surface area (TPSA) is 90.1 Å². The van der Waals surface area contributed by atoms with Gasteiger partial charge in [0.1, 0.15) is 5.69 Å².